The van der Waals surface area contributed by atoms with Gasteiger partial charge in [-0.05, 0) is 80.8 Å². The van der Waals surface area contributed by atoms with E-state index in [9.17, 15) is 4.79 Å². The van der Waals surface area contributed by atoms with Crippen LogP contribution in [-0.4, -0.2) is 18.6 Å². The standard InChI is InChI=1S/C20H26ClNO2/c1-13(20-9-14-6-15(10-20)8-16(7-14)11-20)22-19(23)12-24-18-5-3-2-4-17(18)21/h2-5,13-16H,6-12H2,1H3,(H,22,23)/t13-,14?,15?,16?,20?/m0/s1. The highest BCUT2D eigenvalue weighted by Crippen LogP contribution is 2.61. The minimum absolute atomic E-state index is 0.0282. The van der Waals surface area contributed by atoms with E-state index in [-0.39, 0.29) is 18.6 Å². The average molecular weight is 348 g/mol. The smallest absolute Gasteiger partial charge is 0.258 e. The van der Waals surface area contributed by atoms with Gasteiger partial charge >= 0.3 is 0 Å². The third-order valence-electron chi connectivity index (χ3n) is 6.58. The molecule has 4 heteroatoms. The number of amides is 1. The molecule has 1 aromatic rings. The molecule has 0 aliphatic heterocycles. The molecule has 4 bridgehead atoms. The van der Waals surface area contributed by atoms with E-state index in [4.69, 9.17) is 16.3 Å². The minimum atomic E-state index is -0.0434. The van der Waals surface area contributed by atoms with E-state index in [1.807, 2.05) is 12.1 Å². The zero-order valence-electron chi connectivity index (χ0n) is 14.3. The summed E-state index contributed by atoms with van der Waals surface area (Å²) in [7, 11) is 0. The Bertz CT molecular complexity index is 595. The molecule has 0 radical (unpaired) electrons. The van der Waals surface area contributed by atoms with Crippen LogP contribution in [0, 0.1) is 23.2 Å². The first kappa shape index (κ1) is 16.3. The van der Waals surface area contributed by atoms with Crippen molar-refractivity contribution in [2.75, 3.05) is 6.61 Å². The number of carbonyl (C=O) groups is 1. The van der Waals surface area contributed by atoms with Crippen LogP contribution in [0.5, 0.6) is 5.75 Å². The lowest BCUT2D eigenvalue weighted by atomic mass is 9.48. The van der Waals surface area contributed by atoms with Crippen LogP contribution in [0.25, 0.3) is 0 Å². The van der Waals surface area contributed by atoms with Crippen LogP contribution in [0.2, 0.25) is 5.02 Å². The summed E-state index contributed by atoms with van der Waals surface area (Å²) in [4.78, 5) is 12.4. The van der Waals surface area contributed by atoms with E-state index < -0.39 is 0 Å². The van der Waals surface area contributed by atoms with Gasteiger partial charge in [0.2, 0.25) is 0 Å². The monoisotopic (exact) mass is 347 g/mol. The number of nitrogens with one attached hydrogen (secondary N) is 1. The van der Waals surface area contributed by atoms with Crippen molar-refractivity contribution in [3.8, 4) is 5.75 Å². The molecule has 4 aliphatic carbocycles. The third kappa shape index (κ3) is 3.03. The Labute approximate surface area is 149 Å². The number of ether oxygens (including phenoxy) is 1. The maximum atomic E-state index is 12.4. The topological polar surface area (TPSA) is 38.3 Å². The largest absolute Gasteiger partial charge is 0.482 e. The number of hydrogen-bond acceptors (Lipinski definition) is 2. The zero-order valence-corrected chi connectivity index (χ0v) is 15.0. The fraction of sp³-hybridized carbons (Fsp3) is 0.650. The first-order chi connectivity index (χ1) is 11.5. The number of hydrogen-bond donors (Lipinski definition) is 1. The molecule has 24 heavy (non-hydrogen) atoms. The van der Waals surface area contributed by atoms with Gasteiger partial charge in [0, 0.05) is 6.04 Å². The summed E-state index contributed by atoms with van der Waals surface area (Å²) in [5.41, 5.74) is 0.328. The molecule has 5 rings (SSSR count). The highest BCUT2D eigenvalue weighted by Gasteiger charge is 2.53. The summed E-state index contributed by atoms with van der Waals surface area (Å²) in [6.07, 6.45) is 8.17. The maximum absolute atomic E-state index is 12.4. The molecule has 1 atom stereocenters. The second-order valence-corrected chi connectivity index (χ2v) is 8.70. The number of halogens is 1. The van der Waals surface area contributed by atoms with Gasteiger partial charge in [-0.3, -0.25) is 4.79 Å². The van der Waals surface area contributed by atoms with Crippen LogP contribution in [-0.2, 0) is 4.79 Å². The van der Waals surface area contributed by atoms with Crippen molar-refractivity contribution in [1.29, 1.82) is 0 Å². The van der Waals surface area contributed by atoms with E-state index in [2.05, 4.69) is 12.2 Å². The fourth-order valence-electron chi connectivity index (χ4n) is 5.85. The summed E-state index contributed by atoms with van der Waals surface area (Å²) in [6.45, 7) is 2.22. The van der Waals surface area contributed by atoms with Gasteiger partial charge in [-0.25, -0.2) is 0 Å². The predicted octanol–water partition coefficient (Wildman–Crippen LogP) is 4.44. The molecular weight excluding hydrogens is 322 g/mol. The number of carbonyl (C=O) groups excluding carboxylic acids is 1. The Morgan fingerprint density at radius 2 is 1.79 bits per heavy atom. The van der Waals surface area contributed by atoms with Crippen molar-refractivity contribution in [3.05, 3.63) is 29.3 Å². The van der Waals surface area contributed by atoms with Crippen LogP contribution in [0.1, 0.15) is 45.4 Å². The third-order valence-corrected chi connectivity index (χ3v) is 6.89. The van der Waals surface area contributed by atoms with E-state index in [1.165, 1.54) is 38.5 Å². The number of benzene rings is 1. The Morgan fingerprint density at radius 3 is 2.38 bits per heavy atom. The molecule has 1 amide bonds. The van der Waals surface area contributed by atoms with Gasteiger partial charge in [0.25, 0.3) is 5.91 Å². The minimum Gasteiger partial charge on any atom is -0.482 e. The molecular formula is C20H26ClNO2. The average Bonchev–Trinajstić information content (AvgIpc) is 2.53. The fourth-order valence-corrected chi connectivity index (χ4v) is 6.04. The van der Waals surface area contributed by atoms with Gasteiger partial charge in [0.1, 0.15) is 5.75 Å². The molecule has 4 aliphatic rings. The molecule has 4 fully saturated rings. The highest BCUT2D eigenvalue weighted by atomic mass is 35.5. The van der Waals surface area contributed by atoms with Crippen LogP contribution in [0.15, 0.2) is 24.3 Å². The summed E-state index contributed by atoms with van der Waals surface area (Å²) >= 11 is 6.07. The molecule has 130 valence electrons. The lowest BCUT2D eigenvalue weighted by molar-refractivity contribution is -0.127. The lowest BCUT2D eigenvalue weighted by Crippen LogP contribution is -2.56. The molecule has 4 saturated carbocycles. The molecule has 0 heterocycles. The molecule has 0 aromatic heterocycles. The van der Waals surface area contributed by atoms with Crippen LogP contribution < -0.4 is 10.1 Å². The van der Waals surface area contributed by atoms with Crippen molar-refractivity contribution in [3.63, 3.8) is 0 Å². The van der Waals surface area contributed by atoms with E-state index in [1.54, 1.807) is 12.1 Å². The van der Waals surface area contributed by atoms with Crippen LogP contribution in [0.4, 0.5) is 0 Å². The maximum Gasteiger partial charge on any atom is 0.258 e. The quantitative estimate of drug-likeness (QED) is 0.855. The van der Waals surface area contributed by atoms with Crippen molar-refractivity contribution < 1.29 is 9.53 Å². The van der Waals surface area contributed by atoms with Crippen molar-refractivity contribution in [2.24, 2.45) is 23.2 Å². The van der Waals surface area contributed by atoms with Gasteiger partial charge in [0.15, 0.2) is 6.61 Å². The van der Waals surface area contributed by atoms with Crippen molar-refractivity contribution in [1.82, 2.24) is 5.32 Å². The number of para-hydroxylation sites is 1. The molecule has 3 nitrogen and oxygen atoms in total. The van der Waals surface area contributed by atoms with Crippen LogP contribution >= 0.6 is 11.6 Å². The van der Waals surface area contributed by atoms with Crippen molar-refractivity contribution in [2.45, 2.75) is 51.5 Å². The Balaban J connectivity index is 1.35. The molecule has 0 unspecified atom stereocenters. The number of rotatable bonds is 5. The van der Waals surface area contributed by atoms with Crippen molar-refractivity contribution >= 4 is 17.5 Å². The normalized spacial score (nSPS) is 34.8. The van der Waals surface area contributed by atoms with E-state index in [0.29, 0.717) is 16.2 Å². The Kier molecular flexibility index (Phi) is 4.24. The van der Waals surface area contributed by atoms with Crippen LogP contribution in [0.3, 0.4) is 0 Å². The first-order valence-corrected chi connectivity index (χ1v) is 9.58. The predicted molar refractivity (Wildman–Crippen MR) is 95.2 cm³/mol. The summed E-state index contributed by atoms with van der Waals surface area (Å²) in [6, 6.07) is 7.50. The SMILES string of the molecule is C[C@H](NC(=O)COc1ccccc1Cl)C12CC3CC(CC(C3)C1)C2. The van der Waals surface area contributed by atoms with E-state index in [0.717, 1.165) is 17.8 Å². The van der Waals surface area contributed by atoms with Gasteiger partial charge in [0.05, 0.1) is 5.02 Å². The van der Waals surface area contributed by atoms with Gasteiger partial charge in [-0.15, -0.1) is 0 Å². The molecule has 0 saturated heterocycles. The second-order valence-electron chi connectivity index (χ2n) is 8.29. The Morgan fingerprint density at radius 1 is 1.21 bits per heavy atom. The van der Waals surface area contributed by atoms with Gasteiger partial charge in [-0.2, -0.15) is 0 Å². The summed E-state index contributed by atoms with van der Waals surface area (Å²) < 4.78 is 5.57. The van der Waals surface area contributed by atoms with Gasteiger partial charge < -0.3 is 10.1 Å². The van der Waals surface area contributed by atoms with Gasteiger partial charge in [-0.1, -0.05) is 23.7 Å². The molecule has 1 aromatic carbocycles. The molecule has 1 N–H and O–H groups in total. The Hall–Kier alpha value is -1.22. The molecule has 0 spiro atoms. The lowest BCUT2D eigenvalue weighted by Gasteiger charge is -2.59. The zero-order chi connectivity index (χ0) is 16.7. The van der Waals surface area contributed by atoms with E-state index >= 15 is 0 Å². The summed E-state index contributed by atoms with van der Waals surface area (Å²) in [5, 5.41) is 3.76. The summed E-state index contributed by atoms with van der Waals surface area (Å²) in [5.74, 6) is 3.22. The second kappa shape index (κ2) is 6.25. The first-order valence-electron chi connectivity index (χ1n) is 9.21. The highest BCUT2D eigenvalue weighted by molar-refractivity contribution is 6.32.